The Morgan fingerprint density at radius 3 is 2.03 bits per heavy atom. The first-order chi connectivity index (χ1) is 14.9. The topological polar surface area (TPSA) is 21.7 Å². The molecule has 0 spiro atoms. The minimum Gasteiger partial charge on any atom is -0.352 e. The second-order valence-corrected chi connectivity index (χ2v) is 8.26. The van der Waals surface area contributed by atoms with Crippen LogP contribution in [0.15, 0.2) is 48.5 Å². The molecule has 1 heterocycles. The monoisotopic (exact) mass is 461 g/mol. The smallest absolute Gasteiger partial charge is 0.352 e. The molecule has 9 heteroatoms. The Hall–Kier alpha value is -2.10. The van der Waals surface area contributed by atoms with Crippen LogP contribution < -0.4 is 0 Å². The highest BCUT2D eigenvalue weighted by Crippen LogP contribution is 2.41. The summed E-state index contributed by atoms with van der Waals surface area (Å²) in [6.45, 7) is 2.35. The van der Waals surface area contributed by atoms with E-state index < -0.39 is 35.9 Å². The lowest BCUT2D eigenvalue weighted by molar-refractivity contribution is -0.162. The zero-order chi connectivity index (χ0) is 23.7. The van der Waals surface area contributed by atoms with E-state index in [-0.39, 0.29) is 23.5 Å². The third-order valence-electron chi connectivity index (χ3n) is 5.53. The van der Waals surface area contributed by atoms with Crippen molar-refractivity contribution in [2.45, 2.75) is 37.6 Å². The maximum absolute atomic E-state index is 13.2. The number of nitrogens with zero attached hydrogens (tertiary/aromatic N) is 1. The van der Waals surface area contributed by atoms with Crippen molar-refractivity contribution in [1.29, 1.82) is 0 Å². The van der Waals surface area contributed by atoms with Gasteiger partial charge in [-0.1, -0.05) is 30.3 Å². The van der Waals surface area contributed by atoms with E-state index in [0.717, 1.165) is 5.56 Å². The Morgan fingerprint density at radius 1 is 0.969 bits per heavy atom. The Morgan fingerprint density at radius 2 is 1.53 bits per heavy atom. The molecule has 0 aliphatic carbocycles. The first kappa shape index (κ1) is 24.5. The summed E-state index contributed by atoms with van der Waals surface area (Å²) in [6.07, 6.45) is -11.6. The second kappa shape index (κ2) is 9.41. The molecule has 3 nitrogen and oxygen atoms in total. The van der Waals surface area contributed by atoms with Gasteiger partial charge in [-0.3, -0.25) is 0 Å². The van der Waals surface area contributed by atoms with Gasteiger partial charge < -0.3 is 14.4 Å². The van der Waals surface area contributed by atoms with Gasteiger partial charge in [-0.2, -0.15) is 26.3 Å². The fraction of sp³-hybridized carbons (Fsp3) is 0.478. The molecule has 1 aliphatic rings. The molecule has 1 saturated heterocycles. The minimum absolute atomic E-state index is 0.0111. The van der Waals surface area contributed by atoms with Crippen LogP contribution in [-0.4, -0.2) is 38.4 Å². The molecule has 0 saturated carbocycles. The third-order valence-corrected chi connectivity index (χ3v) is 5.53. The molecular formula is C23H25F6NO2. The minimum atomic E-state index is -4.91. The number of ether oxygens (including phenoxy) is 2. The number of hydrogen-bond donors (Lipinski definition) is 0. The quantitative estimate of drug-likeness (QED) is 0.484. The van der Waals surface area contributed by atoms with Crippen LogP contribution in [0.2, 0.25) is 0 Å². The highest BCUT2D eigenvalue weighted by molar-refractivity contribution is 5.34. The SMILES string of the molecule is CC(OC1OCC(c2ccccc2)C1CN(C)C)c1cc(C(F)(F)F)cc(C(F)(F)F)c1. The Balaban J connectivity index is 1.87. The van der Waals surface area contributed by atoms with Gasteiger partial charge in [0.2, 0.25) is 0 Å². The molecule has 2 aromatic rings. The summed E-state index contributed by atoms with van der Waals surface area (Å²) >= 11 is 0. The highest BCUT2D eigenvalue weighted by atomic mass is 19.4. The predicted molar refractivity (Wildman–Crippen MR) is 107 cm³/mol. The average Bonchev–Trinajstić information content (AvgIpc) is 3.08. The lowest BCUT2D eigenvalue weighted by Crippen LogP contribution is -2.33. The normalized spacial score (nSPS) is 23.0. The lowest BCUT2D eigenvalue weighted by Gasteiger charge is -2.28. The maximum atomic E-state index is 13.2. The van der Waals surface area contributed by atoms with Crippen molar-refractivity contribution in [2.24, 2.45) is 5.92 Å². The zero-order valence-corrected chi connectivity index (χ0v) is 17.9. The van der Waals surface area contributed by atoms with Crippen LogP contribution >= 0.6 is 0 Å². The van der Waals surface area contributed by atoms with Gasteiger partial charge >= 0.3 is 12.4 Å². The molecule has 2 aromatic carbocycles. The van der Waals surface area contributed by atoms with Crippen LogP contribution in [0.3, 0.4) is 0 Å². The molecule has 176 valence electrons. The highest BCUT2D eigenvalue weighted by Gasteiger charge is 2.41. The lowest BCUT2D eigenvalue weighted by atomic mass is 9.87. The summed E-state index contributed by atoms with van der Waals surface area (Å²) in [6, 6.07) is 11.1. The molecule has 4 unspecified atom stereocenters. The van der Waals surface area contributed by atoms with Crippen LogP contribution in [0, 0.1) is 5.92 Å². The average molecular weight is 461 g/mol. The summed E-state index contributed by atoms with van der Waals surface area (Å²) in [5.74, 6) is -0.161. The molecule has 1 aliphatic heterocycles. The molecular weight excluding hydrogens is 436 g/mol. The largest absolute Gasteiger partial charge is 0.416 e. The molecule has 0 bridgehead atoms. The van der Waals surface area contributed by atoms with Crippen molar-refractivity contribution in [3.05, 3.63) is 70.8 Å². The van der Waals surface area contributed by atoms with Gasteiger partial charge in [0.1, 0.15) is 0 Å². The summed E-state index contributed by atoms with van der Waals surface area (Å²) in [4.78, 5) is 1.95. The van der Waals surface area contributed by atoms with Crippen molar-refractivity contribution in [1.82, 2.24) is 4.90 Å². The molecule has 0 radical (unpaired) electrons. The van der Waals surface area contributed by atoms with Gasteiger partial charge in [0.15, 0.2) is 6.29 Å². The Kier molecular flexibility index (Phi) is 7.21. The number of hydrogen-bond acceptors (Lipinski definition) is 3. The Labute approximate surface area is 182 Å². The van der Waals surface area contributed by atoms with Gasteiger partial charge in [0.25, 0.3) is 0 Å². The summed E-state index contributed by atoms with van der Waals surface area (Å²) in [5, 5.41) is 0. The van der Waals surface area contributed by atoms with E-state index in [1.165, 1.54) is 6.92 Å². The summed E-state index contributed by atoms with van der Waals surface area (Å²) < 4.78 is 91.0. The fourth-order valence-electron chi connectivity index (χ4n) is 3.95. The number of halogens is 6. The van der Waals surface area contributed by atoms with E-state index in [0.29, 0.717) is 25.3 Å². The molecule has 0 N–H and O–H groups in total. The van der Waals surface area contributed by atoms with Crippen LogP contribution in [0.4, 0.5) is 26.3 Å². The zero-order valence-electron chi connectivity index (χ0n) is 17.9. The fourth-order valence-corrected chi connectivity index (χ4v) is 3.95. The van der Waals surface area contributed by atoms with Crippen molar-refractivity contribution in [3.63, 3.8) is 0 Å². The molecule has 1 fully saturated rings. The van der Waals surface area contributed by atoms with E-state index in [1.54, 1.807) is 0 Å². The standard InChI is InChI=1S/C23H25F6NO2/c1-14(16-9-17(22(24,25)26)11-18(10-16)23(27,28)29)32-21-19(12-30(2)3)20(13-31-21)15-7-5-4-6-8-15/h4-11,14,19-21H,12-13H2,1-3H3. The second-order valence-electron chi connectivity index (χ2n) is 8.26. The van der Waals surface area contributed by atoms with E-state index in [9.17, 15) is 26.3 Å². The van der Waals surface area contributed by atoms with Crippen molar-refractivity contribution in [3.8, 4) is 0 Å². The number of rotatable bonds is 6. The van der Waals surface area contributed by atoms with E-state index >= 15 is 0 Å². The van der Waals surface area contributed by atoms with Gasteiger partial charge in [-0.15, -0.1) is 0 Å². The van der Waals surface area contributed by atoms with Crippen LogP contribution in [0.25, 0.3) is 0 Å². The predicted octanol–water partition coefficient (Wildman–Crippen LogP) is 6.12. The Bertz CT molecular complexity index is 865. The number of benzene rings is 2. The number of alkyl halides is 6. The van der Waals surface area contributed by atoms with Crippen molar-refractivity contribution in [2.75, 3.05) is 27.2 Å². The van der Waals surface area contributed by atoms with Gasteiger partial charge in [0.05, 0.1) is 23.8 Å². The van der Waals surface area contributed by atoms with Crippen LogP contribution in [0.1, 0.15) is 41.2 Å². The molecule has 4 atom stereocenters. The van der Waals surface area contributed by atoms with Crippen molar-refractivity contribution < 1.29 is 35.8 Å². The van der Waals surface area contributed by atoms with Crippen LogP contribution in [-0.2, 0) is 21.8 Å². The maximum Gasteiger partial charge on any atom is 0.416 e. The first-order valence-electron chi connectivity index (χ1n) is 10.1. The molecule has 0 aromatic heterocycles. The van der Waals surface area contributed by atoms with E-state index in [1.807, 2.05) is 49.3 Å². The van der Waals surface area contributed by atoms with Crippen LogP contribution in [0.5, 0.6) is 0 Å². The summed E-state index contributed by atoms with van der Waals surface area (Å²) in [7, 11) is 3.76. The van der Waals surface area contributed by atoms with E-state index in [4.69, 9.17) is 9.47 Å². The molecule has 32 heavy (non-hydrogen) atoms. The third kappa shape index (κ3) is 5.82. The summed E-state index contributed by atoms with van der Waals surface area (Å²) in [5.41, 5.74) is -1.90. The van der Waals surface area contributed by atoms with Gasteiger partial charge in [-0.25, -0.2) is 0 Å². The van der Waals surface area contributed by atoms with E-state index in [2.05, 4.69) is 0 Å². The first-order valence-corrected chi connectivity index (χ1v) is 10.1. The van der Waals surface area contributed by atoms with Crippen molar-refractivity contribution >= 4 is 0 Å². The van der Waals surface area contributed by atoms with Gasteiger partial charge in [-0.05, 0) is 50.3 Å². The van der Waals surface area contributed by atoms with Gasteiger partial charge in [0, 0.05) is 18.4 Å². The molecule has 0 amide bonds. The molecule has 3 rings (SSSR count).